The van der Waals surface area contributed by atoms with Crippen molar-refractivity contribution in [1.29, 1.82) is 0 Å². The lowest BCUT2D eigenvalue weighted by Crippen LogP contribution is -2.54. The standard InChI is InChI=1S/C14H20BrFN2O/c1-19-14(6-2-3-7-14)13(18-17)8-10-4-5-11(16)9-12(10)15/h4-5,9,13,18H,2-3,6-8,17H2,1H3. The van der Waals surface area contributed by atoms with Gasteiger partial charge >= 0.3 is 0 Å². The van der Waals surface area contributed by atoms with Gasteiger partial charge in [-0.25, -0.2) is 4.39 Å². The molecular weight excluding hydrogens is 311 g/mol. The van der Waals surface area contributed by atoms with Gasteiger partial charge in [-0.3, -0.25) is 11.3 Å². The fourth-order valence-electron chi connectivity index (χ4n) is 2.97. The lowest BCUT2D eigenvalue weighted by atomic mass is 9.88. The highest BCUT2D eigenvalue weighted by Crippen LogP contribution is 2.37. The van der Waals surface area contributed by atoms with E-state index in [2.05, 4.69) is 21.4 Å². The molecule has 3 N–H and O–H groups in total. The molecule has 0 heterocycles. The number of rotatable bonds is 5. The van der Waals surface area contributed by atoms with Crippen LogP contribution in [0.5, 0.6) is 0 Å². The Labute approximate surface area is 121 Å². The second-order valence-electron chi connectivity index (χ2n) is 5.14. The van der Waals surface area contributed by atoms with Gasteiger partial charge in [0.25, 0.3) is 0 Å². The van der Waals surface area contributed by atoms with Crippen molar-refractivity contribution in [2.45, 2.75) is 43.7 Å². The van der Waals surface area contributed by atoms with Gasteiger partial charge in [-0.05, 0) is 37.0 Å². The van der Waals surface area contributed by atoms with Gasteiger partial charge in [0, 0.05) is 11.6 Å². The van der Waals surface area contributed by atoms with Gasteiger partial charge in [-0.15, -0.1) is 0 Å². The van der Waals surface area contributed by atoms with Crippen molar-refractivity contribution >= 4 is 15.9 Å². The molecule has 0 spiro atoms. The number of hydrazine groups is 1. The van der Waals surface area contributed by atoms with E-state index in [1.165, 1.54) is 12.1 Å². The van der Waals surface area contributed by atoms with Crippen LogP contribution in [0.1, 0.15) is 31.2 Å². The number of methoxy groups -OCH3 is 1. The van der Waals surface area contributed by atoms with Gasteiger partial charge in [-0.2, -0.15) is 0 Å². The van der Waals surface area contributed by atoms with Crippen LogP contribution in [-0.4, -0.2) is 18.8 Å². The number of nitrogens with one attached hydrogen (secondary N) is 1. The maximum atomic E-state index is 13.1. The lowest BCUT2D eigenvalue weighted by molar-refractivity contribution is -0.0356. The highest BCUT2D eigenvalue weighted by molar-refractivity contribution is 9.10. The van der Waals surface area contributed by atoms with Gasteiger partial charge in [0.2, 0.25) is 0 Å². The molecule has 1 fully saturated rings. The summed E-state index contributed by atoms with van der Waals surface area (Å²) in [5.41, 5.74) is 3.72. The molecule has 0 amide bonds. The van der Waals surface area contributed by atoms with Crippen molar-refractivity contribution in [3.8, 4) is 0 Å². The second-order valence-corrected chi connectivity index (χ2v) is 5.99. The van der Waals surface area contributed by atoms with E-state index < -0.39 is 0 Å². The monoisotopic (exact) mass is 330 g/mol. The van der Waals surface area contributed by atoms with Crippen molar-refractivity contribution in [3.05, 3.63) is 34.1 Å². The van der Waals surface area contributed by atoms with Crippen LogP contribution in [0.2, 0.25) is 0 Å². The van der Waals surface area contributed by atoms with Crippen LogP contribution in [0.4, 0.5) is 4.39 Å². The van der Waals surface area contributed by atoms with Gasteiger partial charge < -0.3 is 4.74 Å². The Bertz CT molecular complexity index is 435. The Balaban J connectivity index is 2.18. The zero-order valence-corrected chi connectivity index (χ0v) is 12.7. The van der Waals surface area contributed by atoms with E-state index in [1.807, 2.05) is 0 Å². The molecule has 0 radical (unpaired) electrons. The summed E-state index contributed by atoms with van der Waals surface area (Å²) in [5, 5.41) is 0. The van der Waals surface area contributed by atoms with E-state index in [0.29, 0.717) is 6.42 Å². The first kappa shape index (κ1) is 14.9. The highest BCUT2D eigenvalue weighted by Gasteiger charge is 2.41. The van der Waals surface area contributed by atoms with Gasteiger partial charge in [0.15, 0.2) is 0 Å². The molecule has 1 aliphatic rings. The van der Waals surface area contributed by atoms with Crippen LogP contribution in [0.3, 0.4) is 0 Å². The highest BCUT2D eigenvalue weighted by atomic mass is 79.9. The molecule has 5 heteroatoms. The van der Waals surface area contributed by atoms with E-state index in [0.717, 1.165) is 35.7 Å². The predicted octanol–water partition coefficient (Wildman–Crippen LogP) is 2.92. The number of hydrogen-bond donors (Lipinski definition) is 2. The first-order valence-corrected chi connectivity index (χ1v) is 7.36. The molecule has 0 saturated heterocycles. The largest absolute Gasteiger partial charge is 0.377 e. The van der Waals surface area contributed by atoms with Crippen LogP contribution >= 0.6 is 15.9 Å². The molecule has 1 unspecified atom stereocenters. The normalized spacial score (nSPS) is 19.6. The Morgan fingerprint density at radius 3 is 2.68 bits per heavy atom. The maximum Gasteiger partial charge on any atom is 0.124 e. The SMILES string of the molecule is COC1(C(Cc2ccc(F)cc2Br)NN)CCCC1. The molecule has 2 rings (SSSR count). The average molecular weight is 331 g/mol. The summed E-state index contributed by atoms with van der Waals surface area (Å²) in [5.74, 6) is 5.48. The quantitative estimate of drug-likeness (QED) is 0.644. The molecule has 1 saturated carbocycles. The Kier molecular flexibility index (Phi) is 4.95. The third-order valence-corrected chi connectivity index (χ3v) is 4.87. The number of nitrogens with two attached hydrogens (primary N) is 1. The number of hydrogen-bond acceptors (Lipinski definition) is 3. The third kappa shape index (κ3) is 3.16. The summed E-state index contributed by atoms with van der Waals surface area (Å²) < 4.78 is 19.6. The fraction of sp³-hybridized carbons (Fsp3) is 0.571. The van der Waals surface area contributed by atoms with Crippen LogP contribution < -0.4 is 11.3 Å². The van der Waals surface area contributed by atoms with Crippen LogP contribution in [-0.2, 0) is 11.2 Å². The summed E-state index contributed by atoms with van der Waals surface area (Å²) in [7, 11) is 1.75. The Morgan fingerprint density at radius 1 is 1.47 bits per heavy atom. The first-order valence-electron chi connectivity index (χ1n) is 6.56. The maximum absolute atomic E-state index is 13.1. The minimum Gasteiger partial charge on any atom is -0.377 e. The summed E-state index contributed by atoms with van der Waals surface area (Å²) in [6.07, 6.45) is 5.06. The molecule has 0 aromatic heterocycles. The van der Waals surface area contributed by atoms with Crippen molar-refractivity contribution in [2.24, 2.45) is 5.84 Å². The molecule has 19 heavy (non-hydrogen) atoms. The zero-order valence-electron chi connectivity index (χ0n) is 11.1. The van der Waals surface area contributed by atoms with Gasteiger partial charge in [0.1, 0.15) is 5.82 Å². The Hall–Kier alpha value is -0.490. The average Bonchev–Trinajstić information content (AvgIpc) is 2.88. The van der Waals surface area contributed by atoms with E-state index in [9.17, 15) is 4.39 Å². The lowest BCUT2D eigenvalue weighted by Gasteiger charge is -2.36. The molecule has 1 atom stereocenters. The predicted molar refractivity (Wildman–Crippen MR) is 77.1 cm³/mol. The van der Waals surface area contributed by atoms with Crippen LogP contribution in [0, 0.1) is 5.82 Å². The summed E-state index contributed by atoms with van der Waals surface area (Å²) >= 11 is 3.40. The van der Waals surface area contributed by atoms with E-state index >= 15 is 0 Å². The van der Waals surface area contributed by atoms with E-state index in [-0.39, 0.29) is 17.5 Å². The van der Waals surface area contributed by atoms with Crippen molar-refractivity contribution in [1.82, 2.24) is 5.43 Å². The second kappa shape index (κ2) is 6.31. The summed E-state index contributed by atoms with van der Waals surface area (Å²) in [6, 6.07) is 4.78. The van der Waals surface area contributed by atoms with E-state index in [4.69, 9.17) is 10.6 Å². The van der Waals surface area contributed by atoms with Gasteiger partial charge in [-0.1, -0.05) is 34.8 Å². The first-order chi connectivity index (χ1) is 9.11. The Morgan fingerprint density at radius 2 is 2.16 bits per heavy atom. The van der Waals surface area contributed by atoms with Crippen LogP contribution in [0.15, 0.2) is 22.7 Å². The minimum absolute atomic E-state index is 0.0294. The van der Waals surface area contributed by atoms with Gasteiger partial charge in [0.05, 0.1) is 11.6 Å². The molecular formula is C14H20BrFN2O. The minimum atomic E-state index is -0.241. The molecule has 1 aromatic carbocycles. The smallest absolute Gasteiger partial charge is 0.124 e. The molecule has 1 aromatic rings. The molecule has 3 nitrogen and oxygen atoms in total. The number of ether oxygens (including phenoxy) is 1. The van der Waals surface area contributed by atoms with Crippen LogP contribution in [0.25, 0.3) is 0 Å². The number of benzene rings is 1. The molecule has 0 bridgehead atoms. The third-order valence-electron chi connectivity index (χ3n) is 4.13. The summed E-state index contributed by atoms with van der Waals surface area (Å²) in [6.45, 7) is 0. The van der Waals surface area contributed by atoms with Crippen molar-refractivity contribution in [3.63, 3.8) is 0 Å². The summed E-state index contributed by atoms with van der Waals surface area (Å²) in [4.78, 5) is 0. The van der Waals surface area contributed by atoms with E-state index in [1.54, 1.807) is 13.2 Å². The molecule has 0 aliphatic heterocycles. The fourth-order valence-corrected chi connectivity index (χ4v) is 3.48. The zero-order chi connectivity index (χ0) is 13.9. The topological polar surface area (TPSA) is 47.3 Å². The molecule has 1 aliphatic carbocycles. The van der Waals surface area contributed by atoms with Crippen molar-refractivity contribution in [2.75, 3.05) is 7.11 Å². The molecule has 106 valence electrons. The van der Waals surface area contributed by atoms with Crippen molar-refractivity contribution < 1.29 is 9.13 Å². The number of halogens is 2.